The Hall–Kier alpha value is -0.870. The molecule has 1 unspecified atom stereocenters. The van der Waals surface area contributed by atoms with Crippen LogP contribution in [0.4, 0.5) is 0 Å². The second-order valence-corrected chi connectivity index (χ2v) is 5.65. The van der Waals surface area contributed by atoms with E-state index in [1.807, 2.05) is 0 Å². The molecular weight excluding hydrogens is 240 g/mol. The van der Waals surface area contributed by atoms with Gasteiger partial charge >= 0.3 is 0 Å². The van der Waals surface area contributed by atoms with Gasteiger partial charge in [0.25, 0.3) is 0 Å². The summed E-state index contributed by atoms with van der Waals surface area (Å²) < 4.78 is 11.3. The normalized spacial score (nSPS) is 20.4. The zero-order valence-corrected chi connectivity index (χ0v) is 12.4. The van der Waals surface area contributed by atoms with Gasteiger partial charge in [0.2, 0.25) is 0 Å². The average Bonchev–Trinajstić information content (AvgIpc) is 2.88. The highest BCUT2D eigenvalue weighted by atomic mass is 16.5. The van der Waals surface area contributed by atoms with Gasteiger partial charge in [0, 0.05) is 25.6 Å². The van der Waals surface area contributed by atoms with E-state index < -0.39 is 0 Å². The first-order valence-corrected chi connectivity index (χ1v) is 7.47. The summed E-state index contributed by atoms with van der Waals surface area (Å²) in [5.41, 5.74) is 1.03. The molecule has 0 aliphatic carbocycles. The van der Waals surface area contributed by atoms with E-state index in [0.29, 0.717) is 12.0 Å². The molecule has 4 heteroatoms. The molecule has 0 spiro atoms. The summed E-state index contributed by atoms with van der Waals surface area (Å²) in [6.07, 6.45) is 5.88. The first-order chi connectivity index (χ1) is 9.19. The van der Waals surface area contributed by atoms with Gasteiger partial charge in [-0.1, -0.05) is 20.8 Å². The third-order valence-electron chi connectivity index (χ3n) is 3.63. The van der Waals surface area contributed by atoms with Crippen molar-refractivity contribution in [3.05, 3.63) is 17.8 Å². The lowest BCUT2D eigenvalue weighted by atomic mass is 10.1. The number of hydrogen-bond acceptors (Lipinski definition) is 4. The van der Waals surface area contributed by atoms with E-state index in [4.69, 9.17) is 9.15 Å². The fourth-order valence-corrected chi connectivity index (χ4v) is 2.43. The fourth-order valence-electron chi connectivity index (χ4n) is 2.43. The molecule has 0 radical (unpaired) electrons. The topological polar surface area (TPSA) is 38.5 Å². The maximum atomic E-state index is 5.81. The molecule has 0 amide bonds. The first kappa shape index (κ1) is 14.5. The number of rotatable bonds is 6. The van der Waals surface area contributed by atoms with Crippen molar-refractivity contribution >= 4 is 0 Å². The lowest BCUT2D eigenvalue weighted by Crippen LogP contribution is -2.35. The molecule has 1 saturated heterocycles. The molecule has 19 heavy (non-hydrogen) atoms. The quantitative estimate of drug-likeness (QED) is 0.792. The predicted octanol–water partition coefficient (Wildman–Crippen LogP) is 3.19. The smallest absolute Gasteiger partial charge is 0.196 e. The Morgan fingerprint density at radius 1 is 1.42 bits per heavy atom. The molecule has 108 valence electrons. The van der Waals surface area contributed by atoms with Crippen molar-refractivity contribution in [2.75, 3.05) is 19.7 Å². The minimum atomic E-state index is 0.352. The minimum absolute atomic E-state index is 0.352. The second kappa shape index (κ2) is 7.06. The largest absolute Gasteiger partial charge is 0.448 e. The van der Waals surface area contributed by atoms with Gasteiger partial charge < -0.3 is 9.15 Å². The van der Waals surface area contributed by atoms with Crippen molar-refractivity contribution in [3.63, 3.8) is 0 Å². The van der Waals surface area contributed by atoms with Crippen molar-refractivity contribution in [2.45, 2.75) is 58.6 Å². The summed E-state index contributed by atoms with van der Waals surface area (Å²) in [5, 5.41) is 0. The van der Waals surface area contributed by atoms with Crippen molar-refractivity contribution in [2.24, 2.45) is 0 Å². The molecular formula is C15H26N2O2. The van der Waals surface area contributed by atoms with Crippen LogP contribution in [0, 0.1) is 0 Å². The zero-order chi connectivity index (χ0) is 13.7. The van der Waals surface area contributed by atoms with Crippen molar-refractivity contribution < 1.29 is 9.15 Å². The highest BCUT2D eigenvalue weighted by Gasteiger charge is 2.18. The molecule has 1 aromatic heterocycles. The molecule has 1 aliphatic rings. The number of likely N-dealkylation sites (N-methyl/N-ethyl adjacent to an activating group) is 1. The Bertz CT molecular complexity index is 370. The van der Waals surface area contributed by atoms with Crippen LogP contribution in [0.2, 0.25) is 0 Å². The van der Waals surface area contributed by atoms with Crippen molar-refractivity contribution in [3.8, 4) is 0 Å². The van der Waals surface area contributed by atoms with Crippen LogP contribution < -0.4 is 0 Å². The molecule has 1 fully saturated rings. The molecule has 1 atom stereocenters. The van der Waals surface area contributed by atoms with Crippen molar-refractivity contribution in [1.82, 2.24) is 9.88 Å². The van der Waals surface area contributed by atoms with Crippen LogP contribution in [-0.4, -0.2) is 35.7 Å². The van der Waals surface area contributed by atoms with Crippen LogP contribution in [0.25, 0.3) is 0 Å². The standard InChI is InChI=1S/C15H26N2O2/c1-4-17(10-14-7-5-6-8-18-14)9-13-11-19-15(16-13)12(2)3/h11-12,14H,4-10H2,1-3H3. The summed E-state index contributed by atoms with van der Waals surface area (Å²) in [6, 6.07) is 0. The van der Waals surface area contributed by atoms with E-state index >= 15 is 0 Å². The summed E-state index contributed by atoms with van der Waals surface area (Å²) in [6.45, 7) is 10.2. The molecule has 4 nitrogen and oxygen atoms in total. The van der Waals surface area contributed by atoms with Crippen LogP contribution in [-0.2, 0) is 11.3 Å². The summed E-state index contributed by atoms with van der Waals surface area (Å²) in [4.78, 5) is 6.93. The molecule has 2 rings (SSSR count). The third kappa shape index (κ3) is 4.32. The van der Waals surface area contributed by atoms with Crippen LogP contribution in [0.5, 0.6) is 0 Å². The van der Waals surface area contributed by atoms with Crippen LogP contribution in [0.15, 0.2) is 10.7 Å². The highest BCUT2D eigenvalue weighted by Crippen LogP contribution is 2.17. The van der Waals surface area contributed by atoms with E-state index in [9.17, 15) is 0 Å². The zero-order valence-electron chi connectivity index (χ0n) is 12.4. The monoisotopic (exact) mass is 266 g/mol. The molecule has 0 saturated carbocycles. The van der Waals surface area contributed by atoms with Crippen LogP contribution >= 0.6 is 0 Å². The minimum Gasteiger partial charge on any atom is -0.448 e. The van der Waals surface area contributed by atoms with E-state index in [1.54, 1.807) is 6.26 Å². The van der Waals surface area contributed by atoms with Crippen LogP contribution in [0.3, 0.4) is 0 Å². The van der Waals surface area contributed by atoms with Crippen LogP contribution in [0.1, 0.15) is 57.5 Å². The van der Waals surface area contributed by atoms with Gasteiger partial charge in [-0.15, -0.1) is 0 Å². The Morgan fingerprint density at radius 3 is 2.84 bits per heavy atom. The molecule has 0 aromatic carbocycles. The van der Waals surface area contributed by atoms with E-state index in [-0.39, 0.29) is 0 Å². The summed E-state index contributed by atoms with van der Waals surface area (Å²) in [5.74, 6) is 1.19. The van der Waals surface area contributed by atoms with Gasteiger partial charge in [-0.25, -0.2) is 4.98 Å². The van der Waals surface area contributed by atoms with Gasteiger partial charge in [0.1, 0.15) is 6.26 Å². The molecule has 0 bridgehead atoms. The Balaban J connectivity index is 1.86. The molecule has 2 heterocycles. The number of hydrogen-bond donors (Lipinski definition) is 0. The molecule has 1 aromatic rings. The maximum Gasteiger partial charge on any atom is 0.196 e. The van der Waals surface area contributed by atoms with Gasteiger partial charge in [-0.3, -0.25) is 4.90 Å². The lowest BCUT2D eigenvalue weighted by Gasteiger charge is -2.28. The average molecular weight is 266 g/mol. The number of oxazole rings is 1. The SMILES string of the molecule is CCN(Cc1coc(C(C)C)n1)CC1CCCCO1. The second-order valence-electron chi connectivity index (χ2n) is 5.65. The lowest BCUT2D eigenvalue weighted by molar-refractivity contribution is -0.00642. The summed E-state index contributed by atoms with van der Waals surface area (Å²) >= 11 is 0. The van der Waals surface area contributed by atoms with Gasteiger partial charge in [0.15, 0.2) is 5.89 Å². The van der Waals surface area contributed by atoms with Gasteiger partial charge in [0.05, 0.1) is 11.8 Å². The van der Waals surface area contributed by atoms with Gasteiger partial charge in [-0.05, 0) is 25.8 Å². The number of ether oxygens (including phenoxy) is 1. The highest BCUT2D eigenvalue weighted by molar-refractivity contribution is 4.99. The predicted molar refractivity (Wildman–Crippen MR) is 75.1 cm³/mol. The summed E-state index contributed by atoms with van der Waals surface area (Å²) in [7, 11) is 0. The van der Waals surface area contributed by atoms with E-state index in [1.165, 1.54) is 19.3 Å². The molecule has 1 aliphatic heterocycles. The number of nitrogens with zero attached hydrogens (tertiary/aromatic N) is 2. The van der Waals surface area contributed by atoms with Gasteiger partial charge in [-0.2, -0.15) is 0 Å². The first-order valence-electron chi connectivity index (χ1n) is 7.47. The third-order valence-corrected chi connectivity index (χ3v) is 3.63. The Morgan fingerprint density at radius 2 is 2.26 bits per heavy atom. The number of aromatic nitrogens is 1. The Labute approximate surface area is 116 Å². The molecule has 0 N–H and O–H groups in total. The fraction of sp³-hybridized carbons (Fsp3) is 0.800. The Kier molecular flexibility index (Phi) is 5.40. The van der Waals surface area contributed by atoms with E-state index in [0.717, 1.165) is 37.8 Å². The van der Waals surface area contributed by atoms with E-state index in [2.05, 4.69) is 30.7 Å². The van der Waals surface area contributed by atoms with Crippen molar-refractivity contribution in [1.29, 1.82) is 0 Å². The maximum absolute atomic E-state index is 5.81.